The van der Waals surface area contributed by atoms with Crippen molar-refractivity contribution in [1.82, 2.24) is 10.6 Å². The summed E-state index contributed by atoms with van der Waals surface area (Å²) in [6.45, 7) is 9.23. The Morgan fingerprint density at radius 2 is 2.05 bits per heavy atom. The first-order valence-corrected chi connectivity index (χ1v) is 7.59. The number of guanidine groups is 1. The van der Waals surface area contributed by atoms with Crippen LogP contribution in [0.3, 0.4) is 0 Å². The summed E-state index contributed by atoms with van der Waals surface area (Å²) in [6, 6.07) is 5.95. The summed E-state index contributed by atoms with van der Waals surface area (Å²) in [7, 11) is 0. The maximum atomic E-state index is 5.38. The minimum absolute atomic E-state index is 0.307. The van der Waals surface area contributed by atoms with E-state index >= 15 is 0 Å². The van der Waals surface area contributed by atoms with Crippen LogP contribution in [0, 0.1) is 5.92 Å². The van der Waals surface area contributed by atoms with Gasteiger partial charge in [-0.15, -0.1) is 0 Å². The molecule has 0 aliphatic carbocycles. The van der Waals surface area contributed by atoms with Gasteiger partial charge in [0.15, 0.2) is 17.5 Å². The Kier molecular flexibility index (Phi) is 5.72. The lowest BCUT2D eigenvalue weighted by atomic mass is 10.1. The first-order chi connectivity index (χ1) is 10.2. The van der Waals surface area contributed by atoms with Crippen LogP contribution in [0.2, 0.25) is 0 Å². The first-order valence-electron chi connectivity index (χ1n) is 7.59. The van der Waals surface area contributed by atoms with E-state index < -0.39 is 0 Å². The van der Waals surface area contributed by atoms with Gasteiger partial charge in [-0.05, 0) is 37.0 Å². The van der Waals surface area contributed by atoms with Crippen molar-refractivity contribution in [3.8, 4) is 11.5 Å². The van der Waals surface area contributed by atoms with E-state index in [-0.39, 0.29) is 0 Å². The van der Waals surface area contributed by atoms with Crippen LogP contribution in [0.15, 0.2) is 23.2 Å². The second-order valence-electron chi connectivity index (χ2n) is 5.49. The van der Waals surface area contributed by atoms with Gasteiger partial charge in [-0.2, -0.15) is 0 Å². The third kappa shape index (κ3) is 4.85. The minimum atomic E-state index is 0.307. The molecule has 0 radical (unpaired) electrons. The molecule has 0 amide bonds. The molecule has 21 heavy (non-hydrogen) atoms. The smallest absolute Gasteiger partial charge is 0.231 e. The molecule has 0 spiro atoms. The number of nitrogens with one attached hydrogen (secondary N) is 2. The average Bonchev–Trinajstić information content (AvgIpc) is 2.91. The second kappa shape index (κ2) is 7.76. The molecule has 2 rings (SSSR count). The quantitative estimate of drug-likeness (QED) is 0.624. The number of fused-ring (bicyclic) bond motifs is 1. The summed E-state index contributed by atoms with van der Waals surface area (Å²) in [6.07, 6.45) is 1.13. The van der Waals surface area contributed by atoms with E-state index in [4.69, 9.17) is 9.47 Å². The van der Waals surface area contributed by atoms with Gasteiger partial charge in [0.2, 0.25) is 6.79 Å². The Hall–Kier alpha value is -1.91. The molecule has 0 bridgehead atoms. The summed E-state index contributed by atoms with van der Waals surface area (Å²) in [5.41, 5.74) is 1.11. The largest absolute Gasteiger partial charge is 0.454 e. The van der Waals surface area contributed by atoms with E-state index in [0.29, 0.717) is 19.3 Å². The third-order valence-corrected chi connectivity index (χ3v) is 3.22. The van der Waals surface area contributed by atoms with Gasteiger partial charge in [-0.1, -0.05) is 19.9 Å². The SMILES string of the molecule is CCNC(=NCc1ccc2c(c1)OCO2)NCCC(C)C. The van der Waals surface area contributed by atoms with Crippen molar-refractivity contribution >= 4 is 5.96 Å². The maximum absolute atomic E-state index is 5.38. The highest BCUT2D eigenvalue weighted by molar-refractivity contribution is 5.79. The molecule has 0 aromatic heterocycles. The zero-order valence-corrected chi connectivity index (χ0v) is 13.1. The lowest BCUT2D eigenvalue weighted by Crippen LogP contribution is -2.38. The van der Waals surface area contributed by atoms with Gasteiger partial charge in [0.05, 0.1) is 6.54 Å². The molecule has 1 aliphatic heterocycles. The molecule has 1 aliphatic rings. The number of hydrogen-bond acceptors (Lipinski definition) is 3. The number of aliphatic imine (C=N–C) groups is 1. The fraction of sp³-hybridized carbons (Fsp3) is 0.562. The van der Waals surface area contributed by atoms with E-state index in [9.17, 15) is 0 Å². The lowest BCUT2D eigenvalue weighted by Gasteiger charge is -2.12. The molecule has 116 valence electrons. The molecule has 0 fully saturated rings. The molecule has 2 N–H and O–H groups in total. The standard InChI is InChI=1S/C16H25N3O2/c1-4-17-16(18-8-7-12(2)3)19-10-13-5-6-14-15(9-13)21-11-20-14/h5-6,9,12H,4,7-8,10-11H2,1-3H3,(H2,17,18,19). The zero-order valence-electron chi connectivity index (χ0n) is 13.1. The van der Waals surface area contributed by atoms with E-state index in [1.807, 2.05) is 18.2 Å². The average molecular weight is 291 g/mol. The zero-order chi connectivity index (χ0) is 15.1. The molecular formula is C16H25N3O2. The summed E-state index contributed by atoms with van der Waals surface area (Å²) in [5, 5.41) is 6.62. The summed E-state index contributed by atoms with van der Waals surface area (Å²) in [4.78, 5) is 4.60. The van der Waals surface area contributed by atoms with Gasteiger partial charge in [-0.25, -0.2) is 4.99 Å². The van der Waals surface area contributed by atoms with Gasteiger partial charge in [0.25, 0.3) is 0 Å². The molecule has 5 heteroatoms. The molecule has 0 atom stereocenters. The highest BCUT2D eigenvalue weighted by atomic mass is 16.7. The van der Waals surface area contributed by atoms with Gasteiger partial charge in [-0.3, -0.25) is 0 Å². The number of nitrogens with zero attached hydrogens (tertiary/aromatic N) is 1. The molecular weight excluding hydrogens is 266 g/mol. The van der Waals surface area contributed by atoms with Crippen molar-refractivity contribution in [2.45, 2.75) is 33.7 Å². The Morgan fingerprint density at radius 3 is 2.81 bits per heavy atom. The molecule has 0 saturated carbocycles. The Labute approximate surface area is 126 Å². The van der Waals surface area contributed by atoms with Crippen molar-refractivity contribution < 1.29 is 9.47 Å². The Bertz CT molecular complexity index is 486. The fourth-order valence-corrected chi connectivity index (χ4v) is 2.03. The molecule has 0 unspecified atom stereocenters. The van der Waals surface area contributed by atoms with Crippen molar-refractivity contribution in [3.63, 3.8) is 0 Å². The van der Waals surface area contributed by atoms with Crippen molar-refractivity contribution in [1.29, 1.82) is 0 Å². The number of rotatable bonds is 6. The monoisotopic (exact) mass is 291 g/mol. The van der Waals surface area contributed by atoms with E-state index in [1.54, 1.807) is 0 Å². The van der Waals surface area contributed by atoms with E-state index in [2.05, 4.69) is 36.4 Å². The highest BCUT2D eigenvalue weighted by Crippen LogP contribution is 2.32. The van der Waals surface area contributed by atoms with Crippen LogP contribution in [0.25, 0.3) is 0 Å². The van der Waals surface area contributed by atoms with E-state index in [0.717, 1.165) is 42.5 Å². The topological polar surface area (TPSA) is 54.9 Å². The van der Waals surface area contributed by atoms with E-state index in [1.165, 1.54) is 0 Å². The second-order valence-corrected chi connectivity index (χ2v) is 5.49. The van der Waals surface area contributed by atoms with Crippen molar-refractivity contribution in [2.75, 3.05) is 19.9 Å². The Balaban J connectivity index is 1.92. The minimum Gasteiger partial charge on any atom is -0.454 e. The first kappa shape index (κ1) is 15.5. The van der Waals surface area contributed by atoms with Crippen molar-refractivity contribution in [2.24, 2.45) is 10.9 Å². The summed E-state index contributed by atoms with van der Waals surface area (Å²) in [5.74, 6) is 3.16. The van der Waals surface area contributed by atoms with Crippen molar-refractivity contribution in [3.05, 3.63) is 23.8 Å². The normalized spacial score (nSPS) is 13.6. The van der Waals surface area contributed by atoms with Crippen LogP contribution >= 0.6 is 0 Å². The van der Waals surface area contributed by atoms with Gasteiger partial charge < -0.3 is 20.1 Å². The number of benzene rings is 1. The maximum Gasteiger partial charge on any atom is 0.231 e. The van der Waals surface area contributed by atoms with Gasteiger partial charge in [0.1, 0.15) is 0 Å². The number of hydrogen-bond donors (Lipinski definition) is 2. The highest BCUT2D eigenvalue weighted by Gasteiger charge is 2.12. The molecule has 1 aromatic carbocycles. The van der Waals surface area contributed by atoms with Gasteiger partial charge in [0, 0.05) is 13.1 Å². The van der Waals surface area contributed by atoms with Crippen LogP contribution in [0.5, 0.6) is 11.5 Å². The van der Waals surface area contributed by atoms with Crippen LogP contribution in [-0.4, -0.2) is 25.8 Å². The van der Waals surface area contributed by atoms with Gasteiger partial charge >= 0.3 is 0 Å². The van der Waals surface area contributed by atoms with Crippen LogP contribution in [-0.2, 0) is 6.54 Å². The predicted molar refractivity (Wildman–Crippen MR) is 84.8 cm³/mol. The van der Waals surface area contributed by atoms with Crippen LogP contribution in [0.4, 0.5) is 0 Å². The molecule has 1 aromatic rings. The lowest BCUT2D eigenvalue weighted by molar-refractivity contribution is 0.174. The predicted octanol–water partition coefficient (Wildman–Crippen LogP) is 2.52. The molecule has 5 nitrogen and oxygen atoms in total. The Morgan fingerprint density at radius 1 is 1.24 bits per heavy atom. The summed E-state index contributed by atoms with van der Waals surface area (Å²) < 4.78 is 10.7. The fourth-order valence-electron chi connectivity index (χ4n) is 2.03. The molecule has 0 saturated heterocycles. The third-order valence-electron chi connectivity index (χ3n) is 3.22. The van der Waals surface area contributed by atoms with Crippen LogP contribution < -0.4 is 20.1 Å². The molecule has 1 heterocycles. The summed E-state index contributed by atoms with van der Waals surface area (Å²) >= 11 is 0. The van der Waals surface area contributed by atoms with Crippen LogP contribution in [0.1, 0.15) is 32.8 Å². The number of ether oxygens (including phenoxy) is 2.